The second kappa shape index (κ2) is 4.74. The summed E-state index contributed by atoms with van der Waals surface area (Å²) in [6, 6.07) is 7.94. The lowest BCUT2D eigenvalue weighted by molar-refractivity contribution is 0.617. The Morgan fingerprint density at radius 2 is 2.05 bits per heavy atom. The lowest BCUT2D eigenvalue weighted by Gasteiger charge is -2.32. The summed E-state index contributed by atoms with van der Waals surface area (Å²) in [6.45, 7) is 4.25. The molecule has 2 aromatic heterocycles. The van der Waals surface area contributed by atoms with Gasteiger partial charge in [-0.05, 0) is 37.1 Å². The first-order chi connectivity index (χ1) is 10.2. The predicted molar refractivity (Wildman–Crippen MR) is 85.0 cm³/mol. The Morgan fingerprint density at radius 1 is 1.19 bits per heavy atom. The van der Waals surface area contributed by atoms with Crippen LogP contribution in [0.3, 0.4) is 0 Å². The van der Waals surface area contributed by atoms with Gasteiger partial charge in [0.05, 0.1) is 23.8 Å². The lowest BCUT2D eigenvalue weighted by atomic mass is 10.1. The van der Waals surface area contributed by atoms with Crippen LogP contribution >= 0.6 is 11.6 Å². The van der Waals surface area contributed by atoms with Crippen LogP contribution < -0.4 is 4.90 Å². The Morgan fingerprint density at radius 3 is 2.76 bits per heavy atom. The molecule has 0 N–H and O–H groups in total. The smallest absolute Gasteiger partial charge is 0.177 e. The molecular weight excluding hydrogens is 284 g/mol. The molecule has 1 fully saturated rings. The van der Waals surface area contributed by atoms with Gasteiger partial charge in [0, 0.05) is 23.7 Å². The monoisotopic (exact) mass is 298 g/mol. The van der Waals surface area contributed by atoms with Crippen LogP contribution in [0.2, 0.25) is 5.02 Å². The van der Waals surface area contributed by atoms with E-state index in [0.29, 0.717) is 0 Å². The summed E-state index contributed by atoms with van der Waals surface area (Å²) in [5, 5.41) is 5.23. The number of aryl methyl sites for hydroxylation is 1. The first-order valence-corrected chi connectivity index (χ1v) is 7.46. The minimum absolute atomic E-state index is 0.749. The van der Waals surface area contributed by atoms with E-state index in [1.165, 1.54) is 6.42 Å². The van der Waals surface area contributed by atoms with Crippen LogP contribution in [-0.2, 0) is 0 Å². The van der Waals surface area contributed by atoms with Gasteiger partial charge >= 0.3 is 0 Å². The van der Waals surface area contributed by atoms with Crippen molar-refractivity contribution in [3.63, 3.8) is 0 Å². The van der Waals surface area contributed by atoms with Crippen LogP contribution in [0.25, 0.3) is 16.9 Å². The molecule has 0 aliphatic carbocycles. The topological polar surface area (TPSA) is 33.4 Å². The number of imidazole rings is 1. The van der Waals surface area contributed by atoms with Gasteiger partial charge in [-0.25, -0.2) is 9.50 Å². The van der Waals surface area contributed by atoms with Gasteiger partial charge < -0.3 is 4.90 Å². The van der Waals surface area contributed by atoms with E-state index in [2.05, 4.69) is 21.9 Å². The molecule has 1 aliphatic rings. The van der Waals surface area contributed by atoms with E-state index < -0.39 is 0 Å². The number of halogens is 1. The molecule has 3 aromatic rings. The number of benzene rings is 1. The lowest BCUT2D eigenvalue weighted by Crippen LogP contribution is -2.37. The van der Waals surface area contributed by atoms with E-state index in [1.807, 2.05) is 41.2 Å². The standard InChI is InChI=1S/C16H15ClN4/c1-11-9-12(17)3-4-13(11)15-10-18-16-14(20-7-2-8-20)5-6-19-21(15)16/h3-6,9-10H,2,7-8H2,1H3. The van der Waals surface area contributed by atoms with Gasteiger partial charge in [0.1, 0.15) is 0 Å². The largest absolute Gasteiger partial charge is 0.368 e. The highest BCUT2D eigenvalue weighted by atomic mass is 35.5. The van der Waals surface area contributed by atoms with E-state index in [1.54, 1.807) is 0 Å². The van der Waals surface area contributed by atoms with Crippen molar-refractivity contribution < 1.29 is 0 Å². The van der Waals surface area contributed by atoms with Crippen molar-refractivity contribution in [1.29, 1.82) is 0 Å². The highest BCUT2D eigenvalue weighted by Gasteiger charge is 2.20. The fraction of sp³-hybridized carbons (Fsp3) is 0.250. The molecule has 4 rings (SSSR count). The highest BCUT2D eigenvalue weighted by Crippen LogP contribution is 2.30. The third-order valence-electron chi connectivity index (χ3n) is 4.04. The zero-order chi connectivity index (χ0) is 14.4. The van der Waals surface area contributed by atoms with Gasteiger partial charge in [0.2, 0.25) is 0 Å². The molecule has 0 bridgehead atoms. The molecule has 1 aromatic carbocycles. The van der Waals surface area contributed by atoms with Crippen molar-refractivity contribution in [2.45, 2.75) is 13.3 Å². The Kier molecular flexibility index (Phi) is 2.86. The van der Waals surface area contributed by atoms with Crippen molar-refractivity contribution in [3.05, 3.63) is 47.2 Å². The highest BCUT2D eigenvalue weighted by molar-refractivity contribution is 6.30. The molecule has 106 valence electrons. The first kappa shape index (κ1) is 12.7. The van der Waals surface area contributed by atoms with Gasteiger partial charge in [-0.3, -0.25) is 0 Å². The van der Waals surface area contributed by atoms with E-state index >= 15 is 0 Å². The number of aromatic nitrogens is 3. The molecule has 0 spiro atoms. The molecule has 0 unspecified atom stereocenters. The maximum absolute atomic E-state index is 6.05. The Bertz CT molecular complexity index is 820. The normalized spacial score (nSPS) is 14.5. The average molecular weight is 299 g/mol. The predicted octanol–water partition coefficient (Wildman–Crippen LogP) is 3.57. The molecule has 1 aliphatic heterocycles. The number of anilines is 1. The Labute approximate surface area is 128 Å². The van der Waals surface area contributed by atoms with Crippen LogP contribution in [0.1, 0.15) is 12.0 Å². The van der Waals surface area contributed by atoms with Crippen LogP contribution in [0, 0.1) is 6.92 Å². The molecule has 1 saturated heterocycles. The van der Waals surface area contributed by atoms with Crippen LogP contribution in [0.4, 0.5) is 5.69 Å². The maximum Gasteiger partial charge on any atom is 0.177 e. The SMILES string of the molecule is Cc1cc(Cl)ccc1-c1cnc2c(N3CCC3)ccnn12. The van der Waals surface area contributed by atoms with Gasteiger partial charge in [0.25, 0.3) is 0 Å². The summed E-state index contributed by atoms with van der Waals surface area (Å²) in [7, 11) is 0. The molecule has 5 heteroatoms. The van der Waals surface area contributed by atoms with E-state index in [4.69, 9.17) is 11.6 Å². The maximum atomic E-state index is 6.05. The first-order valence-electron chi connectivity index (χ1n) is 7.08. The Hall–Kier alpha value is -2.07. The van der Waals surface area contributed by atoms with Crippen LogP contribution in [0.5, 0.6) is 0 Å². The van der Waals surface area contributed by atoms with Crippen molar-refractivity contribution in [2.75, 3.05) is 18.0 Å². The summed E-state index contributed by atoms with van der Waals surface area (Å²) < 4.78 is 1.92. The van der Waals surface area contributed by atoms with E-state index in [9.17, 15) is 0 Å². The summed E-state index contributed by atoms with van der Waals surface area (Å²) in [6.07, 6.45) is 4.98. The fourth-order valence-corrected chi connectivity index (χ4v) is 3.01. The number of rotatable bonds is 2. The molecule has 0 radical (unpaired) electrons. The third kappa shape index (κ3) is 1.98. The van der Waals surface area contributed by atoms with Crippen molar-refractivity contribution in [2.24, 2.45) is 0 Å². The molecule has 0 amide bonds. The summed E-state index contributed by atoms with van der Waals surface area (Å²) in [4.78, 5) is 6.92. The van der Waals surface area contributed by atoms with E-state index in [0.717, 1.165) is 46.3 Å². The molecule has 21 heavy (non-hydrogen) atoms. The Balaban J connectivity index is 1.90. The zero-order valence-electron chi connectivity index (χ0n) is 11.8. The van der Waals surface area contributed by atoms with Crippen molar-refractivity contribution in [3.8, 4) is 11.3 Å². The van der Waals surface area contributed by atoms with Crippen LogP contribution in [-0.4, -0.2) is 27.7 Å². The molecule has 0 atom stereocenters. The van der Waals surface area contributed by atoms with Crippen molar-refractivity contribution in [1.82, 2.24) is 14.6 Å². The van der Waals surface area contributed by atoms with E-state index in [-0.39, 0.29) is 0 Å². The minimum Gasteiger partial charge on any atom is -0.368 e. The summed E-state index contributed by atoms with van der Waals surface area (Å²) >= 11 is 6.05. The summed E-state index contributed by atoms with van der Waals surface area (Å²) in [5.41, 5.74) is 5.32. The van der Waals surface area contributed by atoms with Gasteiger partial charge in [-0.2, -0.15) is 5.10 Å². The molecule has 0 saturated carbocycles. The van der Waals surface area contributed by atoms with Crippen LogP contribution in [0.15, 0.2) is 36.7 Å². The number of hydrogen-bond donors (Lipinski definition) is 0. The zero-order valence-corrected chi connectivity index (χ0v) is 12.5. The number of nitrogens with zero attached hydrogens (tertiary/aromatic N) is 4. The second-order valence-corrected chi connectivity index (χ2v) is 5.83. The molecular formula is C16H15ClN4. The number of fused-ring (bicyclic) bond motifs is 1. The van der Waals surface area contributed by atoms with Gasteiger partial charge in [0.15, 0.2) is 5.65 Å². The summed E-state index contributed by atoms with van der Waals surface area (Å²) in [5.74, 6) is 0. The molecule has 3 heterocycles. The second-order valence-electron chi connectivity index (χ2n) is 5.40. The fourth-order valence-electron chi connectivity index (χ4n) is 2.78. The molecule has 4 nitrogen and oxygen atoms in total. The average Bonchev–Trinajstić information content (AvgIpc) is 2.82. The van der Waals surface area contributed by atoms with Gasteiger partial charge in [-0.1, -0.05) is 17.7 Å². The van der Waals surface area contributed by atoms with Crippen molar-refractivity contribution >= 4 is 22.9 Å². The number of hydrogen-bond acceptors (Lipinski definition) is 3. The minimum atomic E-state index is 0.749. The van der Waals surface area contributed by atoms with Gasteiger partial charge in [-0.15, -0.1) is 0 Å². The quantitative estimate of drug-likeness (QED) is 0.725. The third-order valence-corrected chi connectivity index (χ3v) is 4.28.